The number of pyridine rings is 1. The standard InChI is InChI=1S/C20H17ClN2O4S/c1-28(25,26)17-7-3-5-14(10-17)18(24)9-13-4-2-6-16(8-13)27-19-11-15(21)12-23-20(19)22/h2-8,10-12H,9H2,1H3,(H2,22,23). The van der Waals surface area contributed by atoms with E-state index in [1.165, 1.54) is 18.3 Å². The number of ether oxygens (including phenoxy) is 1. The number of aromatic nitrogens is 1. The lowest BCUT2D eigenvalue weighted by molar-refractivity contribution is 0.0993. The van der Waals surface area contributed by atoms with E-state index in [0.717, 1.165) is 6.26 Å². The molecule has 0 saturated heterocycles. The predicted molar refractivity (Wildman–Crippen MR) is 108 cm³/mol. The van der Waals surface area contributed by atoms with Crippen LogP contribution in [-0.4, -0.2) is 25.4 Å². The van der Waals surface area contributed by atoms with E-state index in [1.807, 2.05) is 0 Å². The van der Waals surface area contributed by atoms with Gasteiger partial charge in [-0.3, -0.25) is 4.79 Å². The molecule has 0 saturated carbocycles. The van der Waals surface area contributed by atoms with E-state index in [-0.39, 0.29) is 22.9 Å². The van der Waals surface area contributed by atoms with Crippen molar-refractivity contribution in [3.63, 3.8) is 0 Å². The molecule has 0 amide bonds. The highest BCUT2D eigenvalue weighted by molar-refractivity contribution is 7.90. The summed E-state index contributed by atoms with van der Waals surface area (Å²) in [6, 6.07) is 14.5. The molecule has 8 heteroatoms. The van der Waals surface area contributed by atoms with Crippen molar-refractivity contribution < 1.29 is 17.9 Å². The van der Waals surface area contributed by atoms with E-state index in [4.69, 9.17) is 22.1 Å². The molecular weight excluding hydrogens is 400 g/mol. The Bertz CT molecular complexity index is 1150. The summed E-state index contributed by atoms with van der Waals surface area (Å²) in [5.41, 5.74) is 6.82. The van der Waals surface area contributed by atoms with Gasteiger partial charge in [0.2, 0.25) is 0 Å². The van der Waals surface area contributed by atoms with Gasteiger partial charge in [0.15, 0.2) is 27.2 Å². The largest absolute Gasteiger partial charge is 0.453 e. The molecule has 144 valence electrons. The van der Waals surface area contributed by atoms with Crippen LogP contribution in [-0.2, 0) is 16.3 Å². The zero-order chi connectivity index (χ0) is 20.3. The van der Waals surface area contributed by atoms with Crippen LogP contribution in [0.4, 0.5) is 5.82 Å². The van der Waals surface area contributed by atoms with Crippen molar-refractivity contribution in [1.82, 2.24) is 4.98 Å². The van der Waals surface area contributed by atoms with Gasteiger partial charge in [0.1, 0.15) is 5.75 Å². The van der Waals surface area contributed by atoms with Gasteiger partial charge < -0.3 is 10.5 Å². The lowest BCUT2D eigenvalue weighted by atomic mass is 10.0. The molecule has 0 aliphatic rings. The lowest BCUT2D eigenvalue weighted by Gasteiger charge is -2.09. The maximum absolute atomic E-state index is 12.6. The summed E-state index contributed by atoms with van der Waals surface area (Å²) in [6.07, 6.45) is 2.62. The summed E-state index contributed by atoms with van der Waals surface area (Å²) < 4.78 is 29.1. The molecule has 1 heterocycles. The highest BCUT2D eigenvalue weighted by Gasteiger charge is 2.13. The van der Waals surface area contributed by atoms with Gasteiger partial charge in [0, 0.05) is 30.5 Å². The van der Waals surface area contributed by atoms with Crippen molar-refractivity contribution >= 4 is 33.0 Å². The van der Waals surface area contributed by atoms with Crippen LogP contribution < -0.4 is 10.5 Å². The van der Waals surface area contributed by atoms with E-state index >= 15 is 0 Å². The molecule has 0 aliphatic heterocycles. The minimum atomic E-state index is -3.38. The molecule has 0 radical (unpaired) electrons. The second kappa shape index (κ2) is 8.00. The van der Waals surface area contributed by atoms with Crippen LogP contribution in [0.1, 0.15) is 15.9 Å². The molecule has 0 unspecified atom stereocenters. The van der Waals surface area contributed by atoms with E-state index in [9.17, 15) is 13.2 Å². The molecule has 28 heavy (non-hydrogen) atoms. The lowest BCUT2D eigenvalue weighted by Crippen LogP contribution is -2.06. The van der Waals surface area contributed by atoms with Crippen LogP contribution in [0.2, 0.25) is 5.02 Å². The minimum absolute atomic E-state index is 0.0910. The van der Waals surface area contributed by atoms with Gasteiger partial charge in [0.25, 0.3) is 0 Å². The van der Waals surface area contributed by atoms with Gasteiger partial charge >= 0.3 is 0 Å². The molecule has 0 aliphatic carbocycles. The van der Waals surface area contributed by atoms with Gasteiger partial charge in [-0.15, -0.1) is 0 Å². The van der Waals surface area contributed by atoms with Gasteiger partial charge in [-0.1, -0.05) is 35.9 Å². The first kappa shape index (κ1) is 19.9. The Labute approximate surface area is 167 Å². The van der Waals surface area contributed by atoms with Crippen LogP contribution in [0.3, 0.4) is 0 Å². The van der Waals surface area contributed by atoms with Crippen LogP contribution in [0.25, 0.3) is 0 Å². The predicted octanol–water partition coefficient (Wildman–Crippen LogP) is 3.94. The molecule has 2 N–H and O–H groups in total. The van der Waals surface area contributed by atoms with Crippen molar-refractivity contribution in [3.8, 4) is 11.5 Å². The van der Waals surface area contributed by atoms with Crippen molar-refractivity contribution in [3.05, 3.63) is 76.9 Å². The van der Waals surface area contributed by atoms with Gasteiger partial charge in [0.05, 0.1) is 9.92 Å². The maximum atomic E-state index is 12.6. The molecule has 1 aromatic heterocycles. The third kappa shape index (κ3) is 4.88. The minimum Gasteiger partial charge on any atom is -0.453 e. The molecule has 0 atom stereocenters. The number of nitrogens with zero attached hydrogens (tertiary/aromatic N) is 1. The third-order valence-electron chi connectivity index (χ3n) is 3.92. The van der Waals surface area contributed by atoms with E-state index in [2.05, 4.69) is 4.98 Å². The molecule has 0 fully saturated rings. The SMILES string of the molecule is CS(=O)(=O)c1cccc(C(=O)Cc2cccc(Oc3cc(Cl)cnc3N)c2)c1. The fraction of sp³-hybridized carbons (Fsp3) is 0.100. The van der Waals surface area contributed by atoms with Gasteiger partial charge in [-0.25, -0.2) is 13.4 Å². The first-order valence-corrected chi connectivity index (χ1v) is 10.5. The fourth-order valence-electron chi connectivity index (χ4n) is 2.55. The van der Waals surface area contributed by atoms with Crippen molar-refractivity contribution in [2.45, 2.75) is 11.3 Å². The van der Waals surface area contributed by atoms with Crippen LogP contribution in [0.5, 0.6) is 11.5 Å². The number of nitrogen functional groups attached to an aromatic ring is 1. The number of nitrogens with two attached hydrogens (primary N) is 1. The van der Waals surface area contributed by atoms with Crippen molar-refractivity contribution in [1.29, 1.82) is 0 Å². The van der Waals surface area contributed by atoms with Gasteiger partial charge in [-0.2, -0.15) is 0 Å². The summed E-state index contributed by atoms with van der Waals surface area (Å²) in [4.78, 5) is 16.6. The molecule has 3 rings (SSSR count). The van der Waals surface area contributed by atoms with Gasteiger partial charge in [-0.05, 0) is 29.8 Å². The van der Waals surface area contributed by atoms with Crippen LogP contribution >= 0.6 is 11.6 Å². The fourth-order valence-corrected chi connectivity index (χ4v) is 3.36. The van der Waals surface area contributed by atoms with Crippen LogP contribution in [0, 0.1) is 0 Å². The van der Waals surface area contributed by atoms with Crippen molar-refractivity contribution in [2.24, 2.45) is 0 Å². The highest BCUT2D eigenvalue weighted by atomic mass is 35.5. The quantitative estimate of drug-likeness (QED) is 0.611. The third-order valence-corrected chi connectivity index (χ3v) is 5.24. The number of benzene rings is 2. The number of hydrogen-bond donors (Lipinski definition) is 1. The molecule has 6 nitrogen and oxygen atoms in total. The molecule has 0 bridgehead atoms. The monoisotopic (exact) mass is 416 g/mol. The normalized spacial score (nSPS) is 11.2. The Morgan fingerprint density at radius 1 is 1.14 bits per heavy atom. The maximum Gasteiger partial charge on any atom is 0.175 e. The zero-order valence-electron chi connectivity index (χ0n) is 14.9. The molecule has 0 spiro atoms. The summed E-state index contributed by atoms with van der Waals surface area (Å²) in [5.74, 6) is 0.790. The Balaban J connectivity index is 1.79. The first-order valence-electron chi connectivity index (χ1n) is 8.23. The average Bonchev–Trinajstić information content (AvgIpc) is 2.64. The Morgan fingerprint density at radius 2 is 1.89 bits per heavy atom. The molecule has 3 aromatic rings. The van der Waals surface area contributed by atoms with E-state index < -0.39 is 9.84 Å². The second-order valence-electron chi connectivity index (χ2n) is 6.19. The summed E-state index contributed by atoms with van der Waals surface area (Å²) in [5, 5.41) is 0.390. The number of sulfone groups is 1. The number of carbonyl (C=O) groups excluding carboxylic acids is 1. The smallest absolute Gasteiger partial charge is 0.175 e. The van der Waals surface area contributed by atoms with Crippen LogP contribution in [0.15, 0.2) is 65.7 Å². The number of Topliss-reactive ketones (excluding diaryl/α,β-unsaturated/α-hetero) is 1. The number of carbonyl (C=O) groups is 1. The Kier molecular flexibility index (Phi) is 5.67. The summed E-state index contributed by atoms with van der Waals surface area (Å²) in [7, 11) is -3.38. The molecule has 2 aromatic carbocycles. The number of halogens is 1. The number of anilines is 1. The van der Waals surface area contributed by atoms with Crippen molar-refractivity contribution in [2.75, 3.05) is 12.0 Å². The topological polar surface area (TPSA) is 99.3 Å². The zero-order valence-corrected chi connectivity index (χ0v) is 16.5. The molecular formula is C20H17ClN2O4S. The van der Waals surface area contributed by atoms with E-state index in [0.29, 0.717) is 27.6 Å². The Hall–Kier alpha value is -2.90. The second-order valence-corrected chi connectivity index (χ2v) is 8.64. The van der Waals surface area contributed by atoms with E-state index in [1.54, 1.807) is 42.5 Å². The highest BCUT2D eigenvalue weighted by Crippen LogP contribution is 2.29. The average molecular weight is 417 g/mol. The summed E-state index contributed by atoms with van der Waals surface area (Å²) >= 11 is 5.91. The summed E-state index contributed by atoms with van der Waals surface area (Å²) in [6.45, 7) is 0. The first-order chi connectivity index (χ1) is 13.2. The Morgan fingerprint density at radius 3 is 2.64 bits per heavy atom. The number of rotatable bonds is 6. The number of hydrogen-bond acceptors (Lipinski definition) is 6. The number of ketones is 1.